The van der Waals surface area contributed by atoms with Gasteiger partial charge in [-0.05, 0) is 31.2 Å². The largest absolute Gasteiger partial charge is 0.364 e. The summed E-state index contributed by atoms with van der Waals surface area (Å²) in [6.45, 7) is 1.93. The molecule has 0 aliphatic carbocycles. The van der Waals surface area contributed by atoms with Crippen LogP contribution in [0, 0.1) is 0 Å². The number of benzene rings is 1. The molecule has 1 aliphatic heterocycles. The third-order valence-corrected chi connectivity index (χ3v) is 3.76. The second kappa shape index (κ2) is 6.48. The van der Waals surface area contributed by atoms with Crippen molar-refractivity contribution in [3.8, 4) is 0 Å². The lowest BCUT2D eigenvalue weighted by molar-refractivity contribution is -0.118. The lowest BCUT2D eigenvalue weighted by atomic mass is 10.1. The Labute approximate surface area is 134 Å². The molecule has 0 fully saturated rings. The summed E-state index contributed by atoms with van der Waals surface area (Å²) in [4.78, 5) is 27.2. The van der Waals surface area contributed by atoms with Crippen molar-refractivity contribution in [3.05, 3.63) is 54.4 Å². The number of H-pyrrole nitrogens is 1. The molecule has 118 valence electrons. The predicted molar refractivity (Wildman–Crippen MR) is 88.1 cm³/mol. The molecular formula is C17H18N4O2. The molecule has 1 aromatic carbocycles. The van der Waals surface area contributed by atoms with E-state index < -0.39 is 6.04 Å². The number of hydrazone groups is 1. The van der Waals surface area contributed by atoms with Gasteiger partial charge in [-0.2, -0.15) is 5.10 Å². The van der Waals surface area contributed by atoms with Gasteiger partial charge in [-0.25, -0.2) is 0 Å². The average Bonchev–Trinajstić information content (AvgIpc) is 3.23. The van der Waals surface area contributed by atoms with Gasteiger partial charge in [-0.3, -0.25) is 14.6 Å². The van der Waals surface area contributed by atoms with Crippen LogP contribution < -0.4 is 10.3 Å². The van der Waals surface area contributed by atoms with Gasteiger partial charge in [0.1, 0.15) is 11.8 Å². The molecule has 23 heavy (non-hydrogen) atoms. The third-order valence-electron chi connectivity index (χ3n) is 3.76. The highest BCUT2D eigenvalue weighted by Crippen LogP contribution is 2.24. The van der Waals surface area contributed by atoms with Gasteiger partial charge in [0.15, 0.2) is 5.78 Å². The molecule has 1 aliphatic rings. The van der Waals surface area contributed by atoms with E-state index in [1.54, 1.807) is 11.2 Å². The van der Waals surface area contributed by atoms with E-state index in [2.05, 4.69) is 15.4 Å². The number of para-hydroxylation sites is 1. The van der Waals surface area contributed by atoms with Crippen molar-refractivity contribution in [2.24, 2.45) is 5.10 Å². The molecule has 2 N–H and O–H groups in total. The van der Waals surface area contributed by atoms with Crippen molar-refractivity contribution < 1.29 is 9.59 Å². The van der Waals surface area contributed by atoms with Crippen molar-refractivity contribution >= 4 is 23.1 Å². The van der Waals surface area contributed by atoms with Crippen LogP contribution in [0.2, 0.25) is 0 Å². The molecule has 1 atom stereocenters. The van der Waals surface area contributed by atoms with Crippen LogP contribution in [0.4, 0.5) is 5.69 Å². The molecule has 0 radical (unpaired) electrons. The van der Waals surface area contributed by atoms with Crippen molar-refractivity contribution in [1.29, 1.82) is 0 Å². The standard InChI is InChI=1S/C17H18N4O2/c1-12(22)16-10-15(17(23)19-11-13-6-5-9-18-13)20-21(16)14-7-3-2-4-8-14/h2-9,16,18H,10-11H2,1H3,(H,19,23). The van der Waals surface area contributed by atoms with Crippen LogP contribution in [0.3, 0.4) is 0 Å². The summed E-state index contributed by atoms with van der Waals surface area (Å²) in [5, 5.41) is 8.82. The van der Waals surface area contributed by atoms with E-state index in [0.717, 1.165) is 11.4 Å². The Morgan fingerprint density at radius 1 is 1.26 bits per heavy atom. The highest BCUT2D eigenvalue weighted by Gasteiger charge is 2.33. The number of Topliss-reactive ketones (excluding diaryl/α,β-unsaturated/α-hetero) is 1. The number of ketones is 1. The highest BCUT2D eigenvalue weighted by molar-refractivity contribution is 6.40. The summed E-state index contributed by atoms with van der Waals surface area (Å²) in [6, 6.07) is 12.7. The lowest BCUT2D eigenvalue weighted by Crippen LogP contribution is -2.34. The molecule has 1 aromatic heterocycles. The van der Waals surface area contributed by atoms with Gasteiger partial charge in [-0.15, -0.1) is 0 Å². The molecule has 2 heterocycles. The van der Waals surface area contributed by atoms with Gasteiger partial charge < -0.3 is 10.3 Å². The van der Waals surface area contributed by atoms with Gasteiger partial charge >= 0.3 is 0 Å². The lowest BCUT2D eigenvalue weighted by Gasteiger charge is -2.20. The van der Waals surface area contributed by atoms with Crippen molar-refractivity contribution in [1.82, 2.24) is 10.3 Å². The molecular weight excluding hydrogens is 292 g/mol. The maximum Gasteiger partial charge on any atom is 0.267 e. The zero-order chi connectivity index (χ0) is 16.2. The second-order valence-corrected chi connectivity index (χ2v) is 5.44. The Bertz CT molecular complexity index is 722. The number of aromatic nitrogens is 1. The normalized spacial score (nSPS) is 17.0. The van der Waals surface area contributed by atoms with Gasteiger partial charge in [0.05, 0.1) is 12.2 Å². The SMILES string of the molecule is CC(=O)C1CC(C(=O)NCc2ccc[nH]2)=NN1c1ccccc1. The summed E-state index contributed by atoms with van der Waals surface area (Å²) in [6.07, 6.45) is 2.12. The molecule has 0 saturated carbocycles. The number of aromatic amines is 1. The Hall–Kier alpha value is -2.89. The summed E-state index contributed by atoms with van der Waals surface area (Å²) >= 11 is 0. The van der Waals surface area contributed by atoms with E-state index >= 15 is 0 Å². The molecule has 6 heteroatoms. The monoisotopic (exact) mass is 310 g/mol. The van der Waals surface area contributed by atoms with E-state index in [-0.39, 0.29) is 11.7 Å². The Morgan fingerprint density at radius 2 is 2.04 bits per heavy atom. The van der Waals surface area contributed by atoms with E-state index in [1.807, 2.05) is 42.5 Å². The Balaban J connectivity index is 1.74. The third kappa shape index (κ3) is 3.31. The zero-order valence-corrected chi connectivity index (χ0v) is 12.8. The minimum atomic E-state index is -0.427. The fourth-order valence-corrected chi connectivity index (χ4v) is 2.54. The maximum atomic E-state index is 12.3. The summed E-state index contributed by atoms with van der Waals surface area (Å²) in [5.41, 5.74) is 2.10. The number of hydrogen-bond donors (Lipinski definition) is 2. The number of nitrogens with zero attached hydrogens (tertiary/aromatic N) is 2. The van der Waals surface area contributed by atoms with Crippen LogP contribution in [-0.2, 0) is 16.1 Å². The van der Waals surface area contributed by atoms with Crippen molar-refractivity contribution in [3.63, 3.8) is 0 Å². The van der Waals surface area contributed by atoms with Crippen LogP contribution in [0.25, 0.3) is 0 Å². The molecule has 0 spiro atoms. The predicted octanol–water partition coefficient (Wildman–Crippen LogP) is 1.85. The Morgan fingerprint density at radius 3 is 2.70 bits per heavy atom. The molecule has 2 aromatic rings. The second-order valence-electron chi connectivity index (χ2n) is 5.44. The molecule has 6 nitrogen and oxygen atoms in total. The van der Waals surface area contributed by atoms with E-state index in [0.29, 0.717) is 18.7 Å². The average molecular weight is 310 g/mol. The first-order chi connectivity index (χ1) is 11.1. The molecule has 1 unspecified atom stereocenters. The van der Waals surface area contributed by atoms with Crippen LogP contribution in [0.15, 0.2) is 53.8 Å². The molecule has 1 amide bonds. The van der Waals surface area contributed by atoms with Gasteiger partial charge in [-0.1, -0.05) is 18.2 Å². The number of carbonyl (C=O) groups is 2. The summed E-state index contributed by atoms with van der Waals surface area (Å²) < 4.78 is 0. The van der Waals surface area contributed by atoms with Crippen molar-refractivity contribution in [2.75, 3.05) is 5.01 Å². The van der Waals surface area contributed by atoms with E-state index in [9.17, 15) is 9.59 Å². The van der Waals surface area contributed by atoms with E-state index in [4.69, 9.17) is 0 Å². The molecule has 0 saturated heterocycles. The van der Waals surface area contributed by atoms with Gasteiger partial charge in [0.25, 0.3) is 5.91 Å². The fraction of sp³-hybridized carbons (Fsp3) is 0.235. The first kappa shape index (κ1) is 15.0. The minimum absolute atomic E-state index is 0.00947. The first-order valence-electron chi connectivity index (χ1n) is 7.48. The van der Waals surface area contributed by atoms with Gasteiger partial charge in [0, 0.05) is 18.3 Å². The van der Waals surface area contributed by atoms with Crippen LogP contribution in [0.1, 0.15) is 19.0 Å². The maximum absolute atomic E-state index is 12.3. The summed E-state index contributed by atoms with van der Waals surface area (Å²) in [5.74, 6) is -0.256. The number of anilines is 1. The Kier molecular flexibility index (Phi) is 4.23. The minimum Gasteiger partial charge on any atom is -0.364 e. The highest BCUT2D eigenvalue weighted by atomic mass is 16.2. The topological polar surface area (TPSA) is 77.6 Å². The number of amides is 1. The smallest absolute Gasteiger partial charge is 0.267 e. The molecule has 3 rings (SSSR count). The summed E-state index contributed by atoms with van der Waals surface area (Å²) in [7, 11) is 0. The van der Waals surface area contributed by atoms with Crippen LogP contribution in [-0.4, -0.2) is 28.4 Å². The van der Waals surface area contributed by atoms with Gasteiger partial charge in [0.2, 0.25) is 0 Å². The molecule has 0 bridgehead atoms. The first-order valence-corrected chi connectivity index (χ1v) is 7.48. The number of rotatable bonds is 5. The number of hydrogen-bond acceptors (Lipinski definition) is 4. The van der Waals surface area contributed by atoms with Crippen LogP contribution in [0.5, 0.6) is 0 Å². The number of nitrogens with one attached hydrogen (secondary N) is 2. The zero-order valence-electron chi connectivity index (χ0n) is 12.8. The van der Waals surface area contributed by atoms with E-state index in [1.165, 1.54) is 6.92 Å². The fourth-order valence-electron chi connectivity index (χ4n) is 2.54. The van der Waals surface area contributed by atoms with Crippen molar-refractivity contribution in [2.45, 2.75) is 25.9 Å². The number of carbonyl (C=O) groups excluding carboxylic acids is 2. The quantitative estimate of drug-likeness (QED) is 0.885. The van der Waals surface area contributed by atoms with Crippen LogP contribution >= 0.6 is 0 Å².